The minimum absolute atomic E-state index is 0. The quantitative estimate of drug-likeness (QED) is 0.384. The Morgan fingerprint density at radius 2 is 1.00 bits per heavy atom. The molecule has 7 nitrogen and oxygen atoms in total. The molecule has 0 unspecified atom stereocenters. The summed E-state index contributed by atoms with van der Waals surface area (Å²) in [6, 6.07) is 0. The van der Waals surface area contributed by atoms with E-state index in [1.165, 1.54) is 0 Å². The van der Waals surface area contributed by atoms with Crippen LogP contribution in [-0.4, -0.2) is 23.0 Å². The molecule has 0 rings (SSSR count). The summed E-state index contributed by atoms with van der Waals surface area (Å²) in [5.41, 5.74) is 0. The van der Waals surface area contributed by atoms with E-state index in [-0.39, 0.29) is 38.8 Å². The van der Waals surface area contributed by atoms with Crippen LogP contribution in [0.1, 0.15) is 0 Å². The fourth-order valence-corrected chi connectivity index (χ4v) is 0. The van der Waals surface area contributed by atoms with Crippen LogP contribution < -0.4 is 12.3 Å². The zero-order chi connectivity index (χ0) is 4.50. The van der Waals surface area contributed by atoms with Crippen LogP contribution in [0.5, 0.6) is 0 Å². The molecule has 0 aromatic rings. The molecule has 8 N–H and O–H groups in total. The second-order valence-corrected chi connectivity index (χ2v) is 1.22. The number of hydrogen-bond acceptors (Lipinski definition) is 6. The summed E-state index contributed by atoms with van der Waals surface area (Å²) in [5, 5.41) is 0. The van der Waals surface area contributed by atoms with Gasteiger partial charge in [0.1, 0.15) is 0 Å². The summed E-state index contributed by atoms with van der Waals surface area (Å²) in [6.45, 7) is 0. The third kappa shape index (κ3) is 1820. The molecular weight excluding hydrogens is 335 g/mol. The molecule has 0 atom stereocenters. The standard InChI is InChI=1S/2H3N.H2O4S.H2O.Pt/c;;1-5(2,3)4;;/h2*1H3;(H2,1,2,3,4);1H2;/q;;;;+2/p-2. The van der Waals surface area contributed by atoms with Crippen LogP contribution >= 0.6 is 0 Å². The first-order valence-electron chi connectivity index (χ1n) is 0.667. The molecule has 0 amide bonds. The molecule has 0 aromatic carbocycles. The Labute approximate surface area is 67.1 Å². The SMILES string of the molecule is N.N.O.O=S(=O)([O-])[O-].[Pt+2]. The normalized spacial score (nSPS) is 6.44. The van der Waals surface area contributed by atoms with E-state index in [0.717, 1.165) is 0 Å². The van der Waals surface area contributed by atoms with Crippen molar-refractivity contribution >= 4 is 10.4 Å². The molecule has 0 fully saturated rings. The van der Waals surface area contributed by atoms with Gasteiger partial charge in [-0.25, -0.2) is 0 Å². The van der Waals surface area contributed by atoms with E-state index in [2.05, 4.69) is 0 Å². The van der Waals surface area contributed by atoms with E-state index in [4.69, 9.17) is 17.5 Å². The van der Waals surface area contributed by atoms with Gasteiger partial charge >= 0.3 is 21.1 Å². The van der Waals surface area contributed by atoms with Crippen LogP contribution in [0, 0.1) is 0 Å². The van der Waals surface area contributed by atoms with Crippen molar-refractivity contribution in [2.45, 2.75) is 0 Å². The fourth-order valence-electron chi connectivity index (χ4n) is 0. The number of hydrogen-bond donors (Lipinski definition) is 2. The van der Waals surface area contributed by atoms with Crippen molar-refractivity contribution in [2.75, 3.05) is 0 Å². The molecule has 0 bridgehead atoms. The Balaban J connectivity index is -0.0000000133. The van der Waals surface area contributed by atoms with E-state index >= 15 is 0 Å². The van der Waals surface area contributed by atoms with E-state index in [0.29, 0.717) is 0 Å². The van der Waals surface area contributed by atoms with Crippen molar-refractivity contribution in [3.05, 3.63) is 0 Å². The van der Waals surface area contributed by atoms with E-state index in [9.17, 15) is 0 Å². The van der Waals surface area contributed by atoms with Gasteiger partial charge in [0.05, 0.1) is 0 Å². The van der Waals surface area contributed by atoms with Crippen LogP contribution in [0.2, 0.25) is 0 Å². The van der Waals surface area contributed by atoms with Crippen LogP contribution in [0.25, 0.3) is 0 Å². The minimum atomic E-state index is -5.17. The molecule has 0 saturated carbocycles. The molecule has 0 radical (unpaired) electrons. The zero-order valence-corrected chi connectivity index (χ0v) is 7.36. The average Bonchev–Trinajstić information content (AvgIpc) is 0.722. The molecule has 9 heavy (non-hydrogen) atoms. The van der Waals surface area contributed by atoms with Crippen molar-refractivity contribution in [2.24, 2.45) is 0 Å². The Hall–Kier alpha value is 0.438. The summed E-state index contributed by atoms with van der Waals surface area (Å²) in [5.74, 6) is 0. The summed E-state index contributed by atoms with van der Waals surface area (Å²) in [6.07, 6.45) is 0. The third-order valence-corrected chi connectivity index (χ3v) is 0. The molecular formula is H8N2O5PtS. The molecule has 0 aliphatic heterocycles. The minimum Gasteiger partial charge on any atom is -0.759 e. The molecule has 0 spiro atoms. The van der Waals surface area contributed by atoms with Gasteiger partial charge in [-0.15, -0.1) is 0 Å². The first-order chi connectivity index (χ1) is 2.00. The van der Waals surface area contributed by atoms with Crippen LogP contribution in [0.3, 0.4) is 0 Å². The summed E-state index contributed by atoms with van der Waals surface area (Å²) in [4.78, 5) is 0. The smallest absolute Gasteiger partial charge is 0.759 e. The second-order valence-electron chi connectivity index (χ2n) is 0.408. The van der Waals surface area contributed by atoms with Gasteiger partial charge in [-0.1, -0.05) is 0 Å². The Kier molecular flexibility index (Phi) is 42.7. The number of rotatable bonds is 0. The van der Waals surface area contributed by atoms with E-state index < -0.39 is 10.4 Å². The van der Waals surface area contributed by atoms with Gasteiger partial charge in [0.15, 0.2) is 0 Å². The molecule has 0 heterocycles. The maximum atomic E-state index is 8.52. The van der Waals surface area contributed by atoms with E-state index in [1.807, 2.05) is 0 Å². The van der Waals surface area contributed by atoms with Gasteiger partial charge < -0.3 is 26.9 Å². The van der Waals surface area contributed by atoms with Crippen molar-refractivity contribution < 1.29 is 44.1 Å². The summed E-state index contributed by atoms with van der Waals surface area (Å²) < 4.78 is 34.1. The first kappa shape index (κ1) is 34.1. The molecule has 0 aliphatic carbocycles. The molecule has 0 aromatic heterocycles. The monoisotopic (exact) mass is 343 g/mol. The topological polar surface area (TPSA) is 182 Å². The second kappa shape index (κ2) is 11.3. The molecule has 64 valence electrons. The maximum absolute atomic E-state index is 8.52. The average molecular weight is 343 g/mol. The van der Waals surface area contributed by atoms with Gasteiger partial charge in [0.2, 0.25) is 0 Å². The Morgan fingerprint density at radius 3 is 1.00 bits per heavy atom. The molecule has 0 aliphatic rings. The molecule has 0 saturated heterocycles. The van der Waals surface area contributed by atoms with Crippen LogP contribution in [0.15, 0.2) is 0 Å². The fraction of sp³-hybridized carbons (Fsp3) is 0. The van der Waals surface area contributed by atoms with Gasteiger partial charge in [-0.05, 0) is 0 Å². The maximum Gasteiger partial charge on any atom is 2.00 e. The first-order valence-corrected chi connectivity index (χ1v) is 2.00. The van der Waals surface area contributed by atoms with Gasteiger partial charge in [-0.3, -0.25) is 8.42 Å². The third-order valence-electron chi connectivity index (χ3n) is 0. The largest absolute Gasteiger partial charge is 2.00 e. The zero-order valence-electron chi connectivity index (χ0n) is 4.27. The summed E-state index contributed by atoms with van der Waals surface area (Å²) in [7, 11) is -5.17. The predicted octanol–water partition coefficient (Wildman–Crippen LogP) is -1.84. The van der Waals surface area contributed by atoms with Gasteiger partial charge in [0.25, 0.3) is 0 Å². The van der Waals surface area contributed by atoms with Crippen LogP contribution in [-0.2, 0) is 31.5 Å². The van der Waals surface area contributed by atoms with Crippen molar-refractivity contribution in [1.29, 1.82) is 0 Å². The molecule has 9 heteroatoms. The van der Waals surface area contributed by atoms with Gasteiger partial charge in [0, 0.05) is 10.4 Å². The van der Waals surface area contributed by atoms with Crippen molar-refractivity contribution in [3.8, 4) is 0 Å². The summed E-state index contributed by atoms with van der Waals surface area (Å²) >= 11 is 0. The van der Waals surface area contributed by atoms with E-state index in [1.54, 1.807) is 0 Å². The van der Waals surface area contributed by atoms with Gasteiger partial charge in [-0.2, -0.15) is 0 Å². The van der Waals surface area contributed by atoms with Crippen LogP contribution in [0.4, 0.5) is 0 Å². The Bertz CT molecular complexity index is 98.1. The predicted molar refractivity (Wildman–Crippen MR) is 24.1 cm³/mol. The van der Waals surface area contributed by atoms with Crippen molar-refractivity contribution in [3.63, 3.8) is 0 Å². The Morgan fingerprint density at radius 1 is 1.00 bits per heavy atom. The van der Waals surface area contributed by atoms with Crippen molar-refractivity contribution in [1.82, 2.24) is 12.3 Å².